The Morgan fingerprint density at radius 3 is 2.34 bits per heavy atom. The van der Waals surface area contributed by atoms with Crippen molar-refractivity contribution in [2.24, 2.45) is 22.7 Å². The maximum absolute atomic E-state index is 13.5. The molecule has 1 aromatic carbocycles. The number of sulfonamides is 1. The van der Waals surface area contributed by atoms with Gasteiger partial charge in [0.15, 0.2) is 5.82 Å². The van der Waals surface area contributed by atoms with Gasteiger partial charge in [0.25, 0.3) is 15.9 Å². The summed E-state index contributed by atoms with van der Waals surface area (Å²) >= 11 is 0. The molecule has 10 heteroatoms. The van der Waals surface area contributed by atoms with Crippen LogP contribution in [0.5, 0.6) is 5.88 Å². The SMILES string of the molecule is Cc1ccccc1S(=O)(=O)NC(=O)c1ccc(-n2ccc(OCC3C(C)(C)C3(C)C)n2)nc1N1C[C@@H](C)CC1(C)C. The van der Waals surface area contributed by atoms with E-state index in [1.165, 1.54) is 6.07 Å². The van der Waals surface area contributed by atoms with Crippen molar-refractivity contribution in [3.8, 4) is 11.7 Å². The van der Waals surface area contributed by atoms with Crippen LogP contribution < -0.4 is 14.4 Å². The van der Waals surface area contributed by atoms with Crippen LogP contribution in [0.2, 0.25) is 0 Å². The number of carbonyl (C=O) groups excluding carboxylic acids is 1. The summed E-state index contributed by atoms with van der Waals surface area (Å²) in [6.07, 6.45) is 2.69. The van der Waals surface area contributed by atoms with Gasteiger partial charge in [-0.15, -0.1) is 5.10 Å². The number of benzene rings is 1. The molecule has 220 valence electrons. The van der Waals surface area contributed by atoms with Crippen molar-refractivity contribution < 1.29 is 17.9 Å². The van der Waals surface area contributed by atoms with Crippen LogP contribution >= 0.6 is 0 Å². The number of ether oxygens (including phenoxy) is 1. The molecule has 1 saturated heterocycles. The predicted molar refractivity (Wildman–Crippen MR) is 159 cm³/mol. The van der Waals surface area contributed by atoms with Crippen molar-refractivity contribution in [1.29, 1.82) is 0 Å². The van der Waals surface area contributed by atoms with Crippen LogP contribution in [-0.4, -0.2) is 47.8 Å². The number of rotatable bonds is 8. The highest BCUT2D eigenvalue weighted by molar-refractivity contribution is 7.90. The average molecular weight is 580 g/mol. The highest BCUT2D eigenvalue weighted by atomic mass is 32.2. The number of carbonyl (C=O) groups is 1. The van der Waals surface area contributed by atoms with Gasteiger partial charge in [0.2, 0.25) is 5.88 Å². The van der Waals surface area contributed by atoms with Gasteiger partial charge in [-0.05, 0) is 67.7 Å². The monoisotopic (exact) mass is 579 g/mol. The van der Waals surface area contributed by atoms with Crippen molar-refractivity contribution in [2.45, 2.75) is 72.2 Å². The number of anilines is 1. The molecule has 2 aromatic heterocycles. The zero-order valence-electron chi connectivity index (χ0n) is 25.2. The maximum atomic E-state index is 13.5. The van der Waals surface area contributed by atoms with Crippen LogP contribution in [0.4, 0.5) is 5.82 Å². The van der Waals surface area contributed by atoms with Gasteiger partial charge >= 0.3 is 0 Å². The van der Waals surface area contributed by atoms with E-state index in [4.69, 9.17) is 9.72 Å². The van der Waals surface area contributed by atoms with Gasteiger partial charge < -0.3 is 9.64 Å². The van der Waals surface area contributed by atoms with Gasteiger partial charge in [0, 0.05) is 30.3 Å². The number of aryl methyl sites for hydroxylation is 1. The van der Waals surface area contributed by atoms with Crippen LogP contribution in [0.15, 0.2) is 53.6 Å². The first kappa shape index (κ1) is 29.1. The van der Waals surface area contributed by atoms with E-state index in [2.05, 4.69) is 63.2 Å². The third kappa shape index (κ3) is 5.22. The molecule has 3 aromatic rings. The van der Waals surface area contributed by atoms with E-state index >= 15 is 0 Å². The second kappa shape index (κ2) is 9.86. The average Bonchev–Trinajstić information content (AvgIpc) is 3.26. The number of amides is 1. The molecule has 1 amide bonds. The maximum Gasteiger partial charge on any atom is 0.268 e. The predicted octanol–water partition coefficient (Wildman–Crippen LogP) is 5.38. The molecule has 0 spiro atoms. The lowest BCUT2D eigenvalue weighted by Gasteiger charge is -2.34. The third-order valence-electron chi connectivity index (χ3n) is 9.56. The molecule has 1 aliphatic carbocycles. The lowest BCUT2D eigenvalue weighted by atomic mass is 9.97. The van der Waals surface area contributed by atoms with Crippen LogP contribution in [0, 0.1) is 29.6 Å². The number of nitrogens with one attached hydrogen (secondary N) is 1. The summed E-state index contributed by atoms with van der Waals surface area (Å²) in [5, 5.41) is 4.60. The minimum absolute atomic E-state index is 0.0663. The molecule has 1 atom stereocenters. The number of hydrogen-bond donors (Lipinski definition) is 1. The van der Waals surface area contributed by atoms with Crippen molar-refractivity contribution in [2.75, 3.05) is 18.1 Å². The lowest BCUT2D eigenvalue weighted by Crippen LogP contribution is -2.41. The van der Waals surface area contributed by atoms with Crippen LogP contribution in [0.3, 0.4) is 0 Å². The second-order valence-corrected chi connectivity index (χ2v) is 15.0. The Bertz CT molecular complexity index is 1580. The van der Waals surface area contributed by atoms with E-state index in [-0.39, 0.29) is 26.8 Å². The number of nitrogens with zero attached hydrogens (tertiary/aromatic N) is 4. The molecule has 9 nitrogen and oxygen atoms in total. The van der Waals surface area contributed by atoms with E-state index in [0.29, 0.717) is 48.1 Å². The molecule has 0 radical (unpaired) electrons. The molecule has 1 saturated carbocycles. The van der Waals surface area contributed by atoms with Gasteiger partial charge in [0.1, 0.15) is 5.82 Å². The van der Waals surface area contributed by atoms with E-state index in [1.54, 1.807) is 54.2 Å². The van der Waals surface area contributed by atoms with E-state index in [0.717, 1.165) is 6.42 Å². The molecular formula is C31H41N5O4S. The Kier molecular flexibility index (Phi) is 7.00. The van der Waals surface area contributed by atoms with E-state index in [9.17, 15) is 13.2 Å². The Balaban J connectivity index is 1.45. The van der Waals surface area contributed by atoms with Gasteiger partial charge in [-0.2, -0.15) is 0 Å². The minimum Gasteiger partial charge on any atom is -0.476 e. The largest absolute Gasteiger partial charge is 0.476 e. The lowest BCUT2D eigenvalue weighted by molar-refractivity contribution is 0.0981. The van der Waals surface area contributed by atoms with Crippen molar-refractivity contribution >= 4 is 21.7 Å². The van der Waals surface area contributed by atoms with E-state index in [1.807, 2.05) is 0 Å². The molecular weight excluding hydrogens is 538 g/mol. The van der Waals surface area contributed by atoms with E-state index < -0.39 is 15.9 Å². The highest BCUT2D eigenvalue weighted by Gasteiger charge is 2.64. The molecule has 3 heterocycles. The number of hydrogen-bond acceptors (Lipinski definition) is 7. The standard InChI is InChI=1S/C31H41N5O4S/c1-20-17-29(3,4)35(18-20)27-22(28(37)34-41(38,39)23-12-10-9-11-21(23)2)13-14-25(32-27)36-16-15-26(33-36)40-19-24-30(5,6)31(24,7)8/h9-16,20,24H,17-19H2,1-8H3,(H,34,37)/t20-/m0/s1. The second-order valence-electron chi connectivity index (χ2n) is 13.4. The Morgan fingerprint density at radius 2 is 1.73 bits per heavy atom. The molecule has 41 heavy (non-hydrogen) atoms. The normalized spacial score (nSPS) is 21.1. The zero-order valence-corrected chi connectivity index (χ0v) is 26.0. The number of aromatic nitrogens is 3. The van der Waals surface area contributed by atoms with Gasteiger partial charge in [-0.3, -0.25) is 4.79 Å². The first-order chi connectivity index (χ1) is 19.0. The Labute approximate surface area is 243 Å². The summed E-state index contributed by atoms with van der Waals surface area (Å²) in [6, 6.07) is 11.7. The molecule has 5 rings (SSSR count). The smallest absolute Gasteiger partial charge is 0.268 e. The van der Waals surface area contributed by atoms with Crippen LogP contribution in [-0.2, 0) is 10.0 Å². The topological polar surface area (TPSA) is 106 Å². The fraction of sp³-hybridized carbons (Fsp3) is 0.516. The molecule has 0 bridgehead atoms. The van der Waals surface area contributed by atoms with Gasteiger partial charge in [-0.25, -0.2) is 22.8 Å². The number of pyridine rings is 1. The summed E-state index contributed by atoms with van der Waals surface area (Å²) in [7, 11) is -4.08. The fourth-order valence-electron chi connectivity index (χ4n) is 6.43. The quantitative estimate of drug-likeness (QED) is 0.382. The van der Waals surface area contributed by atoms with Crippen molar-refractivity contribution in [1.82, 2.24) is 19.5 Å². The summed E-state index contributed by atoms with van der Waals surface area (Å²) < 4.78 is 36.2. The fourth-order valence-corrected chi connectivity index (χ4v) is 7.64. The van der Waals surface area contributed by atoms with Crippen molar-refractivity contribution in [3.05, 3.63) is 59.8 Å². The summed E-state index contributed by atoms with van der Waals surface area (Å²) in [5.41, 5.74) is 0.900. The minimum atomic E-state index is -4.08. The summed E-state index contributed by atoms with van der Waals surface area (Å²) in [6.45, 7) is 18.4. The summed E-state index contributed by atoms with van der Waals surface area (Å²) in [4.78, 5) is 20.6. The third-order valence-corrected chi connectivity index (χ3v) is 11.1. The first-order valence-electron chi connectivity index (χ1n) is 14.1. The Morgan fingerprint density at radius 1 is 1.05 bits per heavy atom. The van der Waals surface area contributed by atoms with Crippen LogP contribution in [0.25, 0.3) is 5.82 Å². The molecule has 1 aliphatic heterocycles. The van der Waals surface area contributed by atoms with Crippen LogP contribution in [0.1, 0.15) is 70.8 Å². The van der Waals surface area contributed by atoms with Crippen molar-refractivity contribution in [3.63, 3.8) is 0 Å². The molecule has 2 fully saturated rings. The molecule has 0 unspecified atom stereocenters. The molecule has 2 aliphatic rings. The van der Waals surface area contributed by atoms with Gasteiger partial charge in [0.05, 0.1) is 17.1 Å². The summed E-state index contributed by atoms with van der Waals surface area (Å²) in [5.74, 6) is 1.54. The first-order valence-corrected chi connectivity index (χ1v) is 15.6. The molecule has 1 N–H and O–H groups in total. The highest BCUT2D eigenvalue weighted by Crippen LogP contribution is 2.68. The Hall–Kier alpha value is -3.40. The van der Waals surface area contributed by atoms with Gasteiger partial charge in [-0.1, -0.05) is 52.8 Å². The zero-order chi connectivity index (χ0) is 30.0.